The van der Waals surface area contributed by atoms with Crippen LogP contribution in [0.4, 0.5) is 5.82 Å². The molecule has 0 saturated carbocycles. The first-order valence-corrected chi connectivity index (χ1v) is 7.13. The summed E-state index contributed by atoms with van der Waals surface area (Å²) in [6.45, 7) is -0.358. The molecular weight excluding hydrogens is 324 g/mol. The highest BCUT2D eigenvalue weighted by molar-refractivity contribution is 9.10. The second kappa shape index (κ2) is 5.09. The van der Waals surface area contributed by atoms with E-state index in [0.29, 0.717) is 4.47 Å². The van der Waals surface area contributed by atoms with Crippen LogP contribution in [0.1, 0.15) is 5.76 Å². The molecule has 0 amide bonds. The van der Waals surface area contributed by atoms with Gasteiger partial charge >= 0.3 is 0 Å². The highest BCUT2D eigenvalue weighted by Crippen LogP contribution is 2.23. The van der Waals surface area contributed by atoms with Crippen LogP contribution in [0.3, 0.4) is 0 Å². The zero-order valence-electron chi connectivity index (χ0n) is 9.00. The van der Waals surface area contributed by atoms with Gasteiger partial charge in [0.15, 0.2) is 5.82 Å². The molecule has 0 spiro atoms. The van der Waals surface area contributed by atoms with E-state index in [-0.39, 0.29) is 23.3 Å². The fraction of sp³-hybridized carbons (Fsp3) is 0.100. The number of aromatic nitrogens is 1. The van der Waals surface area contributed by atoms with Crippen molar-refractivity contribution in [3.05, 3.63) is 40.7 Å². The third kappa shape index (κ3) is 2.71. The first kappa shape index (κ1) is 13.1. The van der Waals surface area contributed by atoms with Crippen LogP contribution in [0.25, 0.3) is 0 Å². The summed E-state index contributed by atoms with van der Waals surface area (Å²) in [6, 6.07) is 5.98. The van der Waals surface area contributed by atoms with Crippen LogP contribution in [0.5, 0.6) is 0 Å². The Morgan fingerprint density at radius 1 is 1.39 bits per heavy atom. The van der Waals surface area contributed by atoms with E-state index >= 15 is 0 Å². The van der Waals surface area contributed by atoms with Gasteiger partial charge in [0.2, 0.25) is 5.09 Å². The van der Waals surface area contributed by atoms with Gasteiger partial charge in [-0.3, -0.25) is 4.72 Å². The van der Waals surface area contributed by atoms with E-state index in [1.807, 2.05) is 0 Å². The molecule has 0 aromatic carbocycles. The number of halogens is 1. The molecule has 2 rings (SSSR count). The van der Waals surface area contributed by atoms with Crippen molar-refractivity contribution < 1.29 is 17.9 Å². The second-order valence-corrected chi connectivity index (χ2v) is 5.79. The zero-order valence-corrected chi connectivity index (χ0v) is 11.4. The Kier molecular flexibility index (Phi) is 3.69. The second-order valence-electron chi connectivity index (χ2n) is 3.32. The Morgan fingerprint density at radius 3 is 2.78 bits per heavy atom. The molecule has 0 radical (unpaired) electrons. The number of rotatable bonds is 4. The lowest BCUT2D eigenvalue weighted by Crippen LogP contribution is -2.13. The minimum Gasteiger partial charge on any atom is -0.445 e. The summed E-state index contributed by atoms with van der Waals surface area (Å²) in [5.74, 6) is 0.343. The van der Waals surface area contributed by atoms with Gasteiger partial charge in [0.25, 0.3) is 10.0 Å². The maximum absolute atomic E-state index is 11.9. The molecule has 0 saturated heterocycles. The molecule has 0 atom stereocenters. The highest BCUT2D eigenvalue weighted by Gasteiger charge is 2.20. The van der Waals surface area contributed by atoms with Crippen molar-refractivity contribution >= 4 is 31.8 Å². The predicted octanol–water partition coefficient (Wildman–Crippen LogP) is 1.73. The number of anilines is 1. The number of hydrogen-bond acceptors (Lipinski definition) is 5. The van der Waals surface area contributed by atoms with Gasteiger partial charge in [0.1, 0.15) is 12.4 Å². The van der Waals surface area contributed by atoms with Crippen molar-refractivity contribution in [1.29, 1.82) is 0 Å². The van der Waals surface area contributed by atoms with Crippen molar-refractivity contribution in [2.45, 2.75) is 11.7 Å². The first-order valence-electron chi connectivity index (χ1n) is 4.86. The summed E-state index contributed by atoms with van der Waals surface area (Å²) in [6.07, 6.45) is 1.46. The van der Waals surface area contributed by atoms with Gasteiger partial charge in [0.05, 0.1) is 4.47 Å². The van der Waals surface area contributed by atoms with Gasteiger partial charge in [-0.05, 0) is 40.2 Å². The molecule has 0 aliphatic carbocycles. The van der Waals surface area contributed by atoms with Crippen LogP contribution in [-0.4, -0.2) is 18.5 Å². The Labute approximate surface area is 112 Å². The molecule has 2 heterocycles. The van der Waals surface area contributed by atoms with Crippen molar-refractivity contribution in [3.63, 3.8) is 0 Å². The number of nitrogens with one attached hydrogen (secondary N) is 1. The Bertz CT molecular complexity index is 653. The van der Waals surface area contributed by atoms with E-state index in [4.69, 9.17) is 9.52 Å². The van der Waals surface area contributed by atoms with E-state index < -0.39 is 10.0 Å². The van der Waals surface area contributed by atoms with E-state index in [2.05, 4.69) is 25.6 Å². The lowest BCUT2D eigenvalue weighted by molar-refractivity contribution is 0.236. The predicted molar refractivity (Wildman–Crippen MR) is 67.4 cm³/mol. The van der Waals surface area contributed by atoms with Gasteiger partial charge in [-0.1, -0.05) is 0 Å². The number of pyridine rings is 1. The van der Waals surface area contributed by atoms with Crippen LogP contribution in [0, 0.1) is 0 Å². The summed E-state index contributed by atoms with van der Waals surface area (Å²) < 4.78 is 31.6. The average Bonchev–Trinajstić information content (AvgIpc) is 2.81. The van der Waals surface area contributed by atoms with Gasteiger partial charge in [-0.2, -0.15) is 8.42 Å². The maximum atomic E-state index is 11.9. The van der Waals surface area contributed by atoms with Crippen LogP contribution in [-0.2, 0) is 16.6 Å². The molecule has 0 fully saturated rings. The third-order valence-corrected chi connectivity index (χ3v) is 3.90. The SMILES string of the molecule is O=S(=O)(Nc1ncccc1Br)c1ccc(CO)o1. The van der Waals surface area contributed by atoms with Crippen LogP contribution >= 0.6 is 15.9 Å². The zero-order chi connectivity index (χ0) is 13.2. The number of sulfonamides is 1. The Balaban J connectivity index is 2.30. The summed E-state index contributed by atoms with van der Waals surface area (Å²) in [4.78, 5) is 3.89. The van der Waals surface area contributed by atoms with Crippen LogP contribution < -0.4 is 4.72 Å². The molecule has 2 aromatic heterocycles. The molecule has 0 unspecified atom stereocenters. The molecule has 18 heavy (non-hydrogen) atoms. The van der Waals surface area contributed by atoms with E-state index in [9.17, 15) is 8.42 Å². The quantitative estimate of drug-likeness (QED) is 0.889. The smallest absolute Gasteiger partial charge is 0.296 e. The lowest BCUT2D eigenvalue weighted by Gasteiger charge is -2.05. The molecule has 0 bridgehead atoms. The van der Waals surface area contributed by atoms with Crippen LogP contribution in [0.15, 0.2) is 44.4 Å². The molecule has 0 aliphatic rings. The lowest BCUT2D eigenvalue weighted by atomic mass is 10.5. The van der Waals surface area contributed by atoms with Gasteiger partial charge in [-0.15, -0.1) is 0 Å². The molecule has 0 aliphatic heterocycles. The monoisotopic (exact) mass is 332 g/mol. The standard InChI is InChI=1S/C10H9BrN2O4S/c11-8-2-1-5-12-10(8)13-18(15,16)9-4-3-7(6-14)17-9/h1-5,14H,6H2,(H,12,13). The minimum atomic E-state index is -3.85. The molecule has 96 valence electrons. The van der Waals surface area contributed by atoms with Crippen LogP contribution in [0.2, 0.25) is 0 Å². The van der Waals surface area contributed by atoms with Crippen molar-refractivity contribution in [1.82, 2.24) is 4.98 Å². The largest absolute Gasteiger partial charge is 0.445 e. The fourth-order valence-corrected chi connectivity index (χ4v) is 2.69. The van der Waals surface area contributed by atoms with Crippen molar-refractivity contribution in [2.75, 3.05) is 4.72 Å². The molecule has 2 aromatic rings. The normalized spacial score (nSPS) is 11.4. The first-order chi connectivity index (χ1) is 8.53. The highest BCUT2D eigenvalue weighted by atomic mass is 79.9. The summed E-state index contributed by atoms with van der Waals surface area (Å²) in [5.41, 5.74) is 0. The molecule has 6 nitrogen and oxygen atoms in total. The van der Waals surface area contributed by atoms with E-state index in [1.165, 1.54) is 18.3 Å². The Hall–Kier alpha value is -1.38. The number of furan rings is 1. The number of hydrogen-bond donors (Lipinski definition) is 2. The molecule has 2 N–H and O–H groups in total. The Morgan fingerprint density at radius 2 is 2.17 bits per heavy atom. The number of aliphatic hydroxyl groups excluding tert-OH is 1. The summed E-state index contributed by atoms with van der Waals surface area (Å²) >= 11 is 3.18. The van der Waals surface area contributed by atoms with Gasteiger partial charge < -0.3 is 9.52 Å². The van der Waals surface area contributed by atoms with E-state index in [0.717, 1.165) is 0 Å². The van der Waals surface area contributed by atoms with Crippen molar-refractivity contribution in [3.8, 4) is 0 Å². The fourth-order valence-electron chi connectivity index (χ4n) is 1.23. The summed E-state index contributed by atoms with van der Waals surface area (Å²) in [5, 5.41) is 8.55. The number of aliphatic hydroxyl groups is 1. The van der Waals surface area contributed by atoms with Gasteiger partial charge in [-0.25, -0.2) is 4.98 Å². The topological polar surface area (TPSA) is 92.4 Å². The minimum absolute atomic E-state index is 0.166. The van der Waals surface area contributed by atoms with Gasteiger partial charge in [0, 0.05) is 6.20 Å². The average molecular weight is 333 g/mol. The van der Waals surface area contributed by atoms with E-state index in [1.54, 1.807) is 12.1 Å². The third-order valence-electron chi connectivity index (χ3n) is 2.05. The maximum Gasteiger partial charge on any atom is 0.296 e. The number of nitrogens with zero attached hydrogens (tertiary/aromatic N) is 1. The van der Waals surface area contributed by atoms with Crippen molar-refractivity contribution in [2.24, 2.45) is 0 Å². The molecular formula is C10H9BrN2O4S. The molecule has 8 heteroatoms. The summed E-state index contributed by atoms with van der Waals surface area (Å²) in [7, 11) is -3.85.